The van der Waals surface area contributed by atoms with E-state index < -0.39 is 24.3 Å². The van der Waals surface area contributed by atoms with Crippen LogP contribution in [0.15, 0.2) is 0 Å². The fraction of sp³-hybridized carbons (Fsp3) is 1.00. The summed E-state index contributed by atoms with van der Waals surface area (Å²) in [5.74, 6) is -0.677. The van der Waals surface area contributed by atoms with Crippen LogP contribution in [-0.2, 0) is 18.9 Å². The van der Waals surface area contributed by atoms with Crippen LogP contribution in [0.2, 0.25) is 0 Å². The summed E-state index contributed by atoms with van der Waals surface area (Å²) in [6.07, 6.45) is -2.22. The van der Waals surface area contributed by atoms with Gasteiger partial charge in [-0.25, -0.2) is 0 Å². The Morgan fingerprint density at radius 3 is 2.23 bits per heavy atom. The lowest BCUT2D eigenvalue weighted by Crippen LogP contribution is -2.50. The molecule has 2 saturated heterocycles. The van der Waals surface area contributed by atoms with Gasteiger partial charge in [-0.2, -0.15) is 0 Å². The van der Waals surface area contributed by atoms with Crippen LogP contribution in [0.4, 0.5) is 0 Å². The quantitative estimate of drug-likeness (QED) is 0.798. The second-order valence-electron chi connectivity index (χ2n) is 7.22. The van der Waals surface area contributed by atoms with E-state index in [0.29, 0.717) is 18.6 Å². The zero-order valence-corrected chi connectivity index (χ0v) is 14.8. The number of aliphatic hydroxyl groups excluding tert-OH is 1. The molecule has 5 unspecified atom stereocenters. The van der Waals surface area contributed by atoms with Crippen molar-refractivity contribution >= 4 is 0 Å². The van der Waals surface area contributed by atoms with Crippen LogP contribution in [0.5, 0.6) is 0 Å². The summed E-state index contributed by atoms with van der Waals surface area (Å²) >= 11 is 0. The summed E-state index contributed by atoms with van der Waals surface area (Å²) in [7, 11) is 1.62. The molecule has 0 aromatic heterocycles. The Bertz CT molecular complexity index is 366. The van der Waals surface area contributed by atoms with E-state index >= 15 is 0 Å². The highest BCUT2D eigenvalue weighted by molar-refractivity contribution is 4.97. The Hall–Kier alpha value is -0.240. The molecule has 2 aliphatic heterocycles. The second-order valence-corrected chi connectivity index (χ2v) is 7.22. The highest BCUT2D eigenvalue weighted by Crippen LogP contribution is 2.39. The van der Waals surface area contributed by atoms with Crippen LogP contribution in [0.1, 0.15) is 41.5 Å². The maximum absolute atomic E-state index is 10.6. The van der Waals surface area contributed by atoms with Gasteiger partial charge in [0.05, 0.1) is 6.10 Å². The van der Waals surface area contributed by atoms with Gasteiger partial charge in [0.15, 0.2) is 12.1 Å². The normalized spacial score (nSPS) is 35.6. The van der Waals surface area contributed by atoms with Gasteiger partial charge in [-0.3, -0.25) is 4.90 Å². The molecule has 0 aromatic carbocycles. The predicted octanol–water partition coefficient (Wildman–Crippen LogP) is 1.36. The monoisotopic (exact) mass is 317 g/mol. The summed E-state index contributed by atoms with van der Waals surface area (Å²) in [4.78, 5) is 2.24. The Morgan fingerprint density at radius 2 is 1.73 bits per heavy atom. The van der Waals surface area contributed by atoms with Crippen molar-refractivity contribution in [2.75, 3.05) is 13.7 Å². The number of hydrogen-bond acceptors (Lipinski definition) is 6. The number of nitrogens with zero attached hydrogens (tertiary/aromatic N) is 1. The van der Waals surface area contributed by atoms with Crippen molar-refractivity contribution in [3.8, 4) is 0 Å². The minimum Gasteiger partial charge on any atom is -0.389 e. The predicted molar refractivity (Wildman–Crippen MR) is 82.5 cm³/mol. The van der Waals surface area contributed by atoms with E-state index in [1.165, 1.54) is 0 Å². The lowest BCUT2D eigenvalue weighted by Gasteiger charge is -2.35. The van der Waals surface area contributed by atoms with Crippen molar-refractivity contribution in [1.29, 1.82) is 0 Å². The van der Waals surface area contributed by atoms with E-state index in [2.05, 4.69) is 32.6 Å². The number of rotatable bonds is 6. The number of methoxy groups -OCH3 is 1. The molecule has 2 aliphatic rings. The van der Waals surface area contributed by atoms with Gasteiger partial charge in [-0.15, -0.1) is 0 Å². The van der Waals surface area contributed by atoms with Crippen LogP contribution in [-0.4, -0.2) is 72.2 Å². The molecule has 6 heteroatoms. The molecule has 0 spiro atoms. The van der Waals surface area contributed by atoms with Gasteiger partial charge in [0.2, 0.25) is 0 Å². The van der Waals surface area contributed by atoms with Crippen LogP contribution in [0.3, 0.4) is 0 Å². The highest BCUT2D eigenvalue weighted by Gasteiger charge is 2.56. The fourth-order valence-corrected chi connectivity index (χ4v) is 3.42. The molecular weight excluding hydrogens is 286 g/mol. The Labute approximate surface area is 133 Å². The molecular formula is C16H31NO5. The van der Waals surface area contributed by atoms with Crippen molar-refractivity contribution in [2.24, 2.45) is 0 Å². The minimum absolute atomic E-state index is 0.300. The third kappa shape index (κ3) is 3.63. The topological polar surface area (TPSA) is 60.4 Å². The summed E-state index contributed by atoms with van der Waals surface area (Å²) in [5, 5.41) is 10.6. The largest absolute Gasteiger partial charge is 0.389 e. The molecule has 2 fully saturated rings. The van der Waals surface area contributed by atoms with E-state index in [9.17, 15) is 5.11 Å². The van der Waals surface area contributed by atoms with Crippen molar-refractivity contribution in [3.05, 3.63) is 0 Å². The lowest BCUT2D eigenvalue weighted by molar-refractivity contribution is -0.228. The van der Waals surface area contributed by atoms with Gasteiger partial charge in [-0.05, 0) is 41.5 Å². The fourth-order valence-electron chi connectivity index (χ4n) is 3.42. The SMILES string of the molecule is COC1C(C(O)CN(C(C)C)C(C)C)OC2OC(C)(C)OC21. The second kappa shape index (κ2) is 6.71. The first-order chi connectivity index (χ1) is 10.2. The van der Waals surface area contributed by atoms with E-state index in [4.69, 9.17) is 18.9 Å². The van der Waals surface area contributed by atoms with Crippen molar-refractivity contribution < 1.29 is 24.1 Å². The molecule has 6 nitrogen and oxygen atoms in total. The average molecular weight is 317 g/mol. The molecule has 2 heterocycles. The zero-order valence-electron chi connectivity index (χ0n) is 14.8. The Morgan fingerprint density at radius 1 is 1.14 bits per heavy atom. The zero-order chi connectivity index (χ0) is 16.7. The number of fused-ring (bicyclic) bond motifs is 1. The van der Waals surface area contributed by atoms with Crippen molar-refractivity contribution in [1.82, 2.24) is 4.90 Å². The molecule has 0 bridgehead atoms. The Kier molecular flexibility index (Phi) is 5.52. The summed E-state index contributed by atoms with van der Waals surface area (Å²) in [5.41, 5.74) is 0. The number of ether oxygens (including phenoxy) is 4. The molecule has 5 atom stereocenters. The van der Waals surface area contributed by atoms with Gasteiger partial charge in [0.1, 0.15) is 18.3 Å². The first-order valence-corrected chi connectivity index (χ1v) is 8.14. The Balaban J connectivity index is 2.03. The summed E-state index contributed by atoms with van der Waals surface area (Å²) in [6.45, 7) is 12.7. The third-order valence-electron chi connectivity index (χ3n) is 4.40. The molecule has 0 saturated carbocycles. The van der Waals surface area contributed by atoms with Gasteiger partial charge in [0.25, 0.3) is 0 Å². The van der Waals surface area contributed by atoms with Crippen molar-refractivity contribution in [2.45, 2.75) is 90.1 Å². The lowest BCUT2D eigenvalue weighted by atomic mass is 10.0. The van der Waals surface area contributed by atoms with Crippen LogP contribution >= 0.6 is 0 Å². The maximum atomic E-state index is 10.6. The average Bonchev–Trinajstić information content (AvgIpc) is 2.85. The molecule has 0 radical (unpaired) electrons. The third-order valence-corrected chi connectivity index (χ3v) is 4.40. The summed E-state index contributed by atoms with van der Waals surface area (Å²) in [6, 6.07) is 0.700. The first-order valence-electron chi connectivity index (χ1n) is 8.14. The van der Waals surface area contributed by atoms with E-state index in [-0.39, 0.29) is 12.2 Å². The van der Waals surface area contributed by atoms with Crippen LogP contribution in [0, 0.1) is 0 Å². The van der Waals surface area contributed by atoms with Gasteiger partial charge in [0, 0.05) is 25.7 Å². The smallest absolute Gasteiger partial charge is 0.190 e. The highest BCUT2D eigenvalue weighted by atomic mass is 16.8. The maximum Gasteiger partial charge on any atom is 0.190 e. The van der Waals surface area contributed by atoms with Gasteiger partial charge >= 0.3 is 0 Å². The number of aliphatic hydroxyl groups is 1. The molecule has 0 aromatic rings. The molecule has 22 heavy (non-hydrogen) atoms. The molecule has 1 N–H and O–H groups in total. The molecule has 2 rings (SSSR count). The van der Waals surface area contributed by atoms with Crippen LogP contribution < -0.4 is 0 Å². The van der Waals surface area contributed by atoms with Crippen LogP contribution in [0.25, 0.3) is 0 Å². The van der Waals surface area contributed by atoms with Gasteiger partial charge in [-0.1, -0.05) is 0 Å². The molecule has 0 amide bonds. The van der Waals surface area contributed by atoms with Gasteiger partial charge < -0.3 is 24.1 Å². The molecule has 130 valence electrons. The first kappa shape index (κ1) is 18.1. The minimum atomic E-state index is -0.677. The number of hydrogen-bond donors (Lipinski definition) is 1. The van der Waals surface area contributed by atoms with Crippen molar-refractivity contribution in [3.63, 3.8) is 0 Å². The van der Waals surface area contributed by atoms with E-state index in [1.54, 1.807) is 7.11 Å². The standard InChI is InChI=1S/C16H31NO5/c1-9(2)17(10(3)4)8-11(18)12-13(19-7)14-15(20-12)22-16(5,6)21-14/h9-15,18H,8H2,1-7H3. The summed E-state index contributed by atoms with van der Waals surface area (Å²) < 4.78 is 23.0. The van der Waals surface area contributed by atoms with E-state index in [1.807, 2.05) is 13.8 Å². The molecule has 0 aliphatic carbocycles. The van der Waals surface area contributed by atoms with E-state index in [0.717, 1.165) is 0 Å².